The van der Waals surface area contributed by atoms with Crippen molar-refractivity contribution < 1.29 is 27.9 Å². The van der Waals surface area contributed by atoms with Gasteiger partial charge in [-0.3, -0.25) is 24.6 Å². The van der Waals surface area contributed by atoms with Crippen LogP contribution in [0.5, 0.6) is 5.75 Å². The lowest BCUT2D eigenvalue weighted by Gasteiger charge is -2.41. The van der Waals surface area contributed by atoms with E-state index in [0.717, 1.165) is 32.0 Å². The third kappa shape index (κ3) is 6.01. The quantitative estimate of drug-likeness (QED) is 0.309. The van der Waals surface area contributed by atoms with Gasteiger partial charge in [-0.25, -0.2) is 13.8 Å². The number of nitrogens with zero attached hydrogens (tertiary/aromatic N) is 4. The number of carbonyl (C=O) groups is 3. The van der Waals surface area contributed by atoms with Gasteiger partial charge in [-0.05, 0) is 54.8 Å². The Morgan fingerprint density at radius 2 is 1.79 bits per heavy atom. The Morgan fingerprint density at radius 1 is 1.00 bits per heavy atom. The number of methoxy groups -OCH3 is 1. The predicted octanol–water partition coefficient (Wildman–Crippen LogP) is 4.53. The molecule has 0 radical (unpaired) electrons. The van der Waals surface area contributed by atoms with Crippen molar-refractivity contribution in [2.75, 3.05) is 44.7 Å². The molecule has 3 amide bonds. The molecule has 1 atom stereocenters. The number of benzene rings is 2. The number of anilines is 1. The van der Waals surface area contributed by atoms with Gasteiger partial charge >= 0.3 is 0 Å². The molecule has 9 nitrogen and oxygen atoms in total. The number of ether oxygens (including phenoxy) is 1. The lowest BCUT2D eigenvalue weighted by Crippen LogP contribution is -2.51. The smallest absolute Gasteiger partial charge is 0.257 e. The van der Waals surface area contributed by atoms with Gasteiger partial charge < -0.3 is 14.5 Å². The molecule has 1 saturated carbocycles. The predicted molar refractivity (Wildman–Crippen MR) is 175 cm³/mol. The monoisotopic (exact) mass is 653 g/mol. The Morgan fingerprint density at radius 3 is 2.50 bits per heavy atom. The molecule has 1 aromatic heterocycles. The van der Waals surface area contributed by atoms with Gasteiger partial charge in [-0.2, -0.15) is 0 Å². The molecule has 248 valence electrons. The first-order valence-electron chi connectivity index (χ1n) is 16.5. The minimum Gasteiger partial charge on any atom is -0.494 e. The highest BCUT2D eigenvalue weighted by molar-refractivity contribution is 6.08. The van der Waals surface area contributed by atoms with E-state index in [2.05, 4.69) is 27.0 Å². The summed E-state index contributed by atoms with van der Waals surface area (Å²) in [5, 5.41) is 2.28. The molecule has 48 heavy (non-hydrogen) atoms. The van der Waals surface area contributed by atoms with Crippen LogP contribution in [0, 0.1) is 28.9 Å². The summed E-state index contributed by atoms with van der Waals surface area (Å²) in [5.41, 5.74) is -0.134. The number of rotatable bonds is 6. The number of halogens is 2. The maximum absolute atomic E-state index is 15.6. The van der Waals surface area contributed by atoms with Crippen LogP contribution in [-0.4, -0.2) is 78.4 Å². The van der Waals surface area contributed by atoms with Gasteiger partial charge in [0.1, 0.15) is 17.1 Å². The first-order valence-corrected chi connectivity index (χ1v) is 16.5. The van der Waals surface area contributed by atoms with E-state index in [1.54, 1.807) is 24.3 Å². The van der Waals surface area contributed by atoms with E-state index < -0.39 is 34.8 Å². The third-order valence-electron chi connectivity index (χ3n) is 10.0. The number of hydrogen-bond donors (Lipinski definition) is 1. The van der Waals surface area contributed by atoms with Crippen LogP contribution in [0.4, 0.5) is 14.6 Å². The minimum atomic E-state index is -1.58. The van der Waals surface area contributed by atoms with Crippen LogP contribution in [0.2, 0.25) is 0 Å². The molecule has 4 aliphatic rings. The highest BCUT2D eigenvalue weighted by atomic mass is 19.1. The van der Waals surface area contributed by atoms with E-state index in [4.69, 9.17) is 9.72 Å². The van der Waals surface area contributed by atoms with Crippen molar-refractivity contribution in [3.05, 3.63) is 76.9 Å². The fourth-order valence-electron chi connectivity index (χ4n) is 7.42. The summed E-state index contributed by atoms with van der Waals surface area (Å²) in [6, 6.07) is 13.9. The SMILES string of the molecule is COc1ccc2c(c1F)C(=O)N(C[C@@]1(C#Cc3ccc(-c4cccc(N5CCN(C6CCCCC6)CC5)n4)c(F)c3)CC(=O)NC1=O)C2. The Labute approximate surface area is 278 Å². The van der Waals surface area contributed by atoms with Crippen molar-refractivity contribution in [2.45, 2.75) is 51.1 Å². The first-order chi connectivity index (χ1) is 23.2. The second kappa shape index (κ2) is 13.0. The summed E-state index contributed by atoms with van der Waals surface area (Å²) in [6.07, 6.45) is 6.25. The lowest BCUT2D eigenvalue weighted by molar-refractivity contribution is -0.127. The molecule has 3 aromatic rings. The topological polar surface area (TPSA) is 95.1 Å². The summed E-state index contributed by atoms with van der Waals surface area (Å²) in [5.74, 6) is 3.39. The van der Waals surface area contributed by atoms with E-state index in [0.29, 0.717) is 28.4 Å². The van der Waals surface area contributed by atoms with Gasteiger partial charge in [0.15, 0.2) is 11.6 Å². The molecule has 7 rings (SSSR count). The molecule has 3 fully saturated rings. The number of amides is 3. The molecule has 0 bridgehead atoms. The molecule has 1 N–H and O–H groups in total. The Balaban J connectivity index is 1.08. The van der Waals surface area contributed by atoms with Gasteiger partial charge in [-0.1, -0.05) is 43.2 Å². The molecule has 1 aliphatic carbocycles. The van der Waals surface area contributed by atoms with Gasteiger partial charge in [0.2, 0.25) is 11.8 Å². The maximum Gasteiger partial charge on any atom is 0.257 e. The number of imide groups is 1. The Bertz CT molecular complexity index is 1840. The summed E-state index contributed by atoms with van der Waals surface area (Å²) in [6.45, 7) is 3.55. The molecule has 4 heterocycles. The molecule has 3 aliphatic heterocycles. The van der Waals surface area contributed by atoms with Crippen LogP contribution >= 0.6 is 0 Å². The maximum atomic E-state index is 15.6. The highest BCUT2D eigenvalue weighted by Gasteiger charge is 2.49. The molecule has 0 unspecified atom stereocenters. The van der Waals surface area contributed by atoms with E-state index in [1.165, 1.54) is 56.2 Å². The largest absolute Gasteiger partial charge is 0.494 e. The summed E-state index contributed by atoms with van der Waals surface area (Å²) in [7, 11) is 1.31. The normalized spacial score (nSPS) is 21.6. The van der Waals surface area contributed by atoms with Gasteiger partial charge in [0.05, 0.1) is 24.8 Å². The number of nitrogens with one attached hydrogen (secondary N) is 1. The van der Waals surface area contributed by atoms with Gasteiger partial charge in [-0.15, -0.1) is 0 Å². The van der Waals surface area contributed by atoms with Crippen LogP contribution < -0.4 is 15.0 Å². The van der Waals surface area contributed by atoms with Crippen molar-refractivity contribution in [3.8, 4) is 28.8 Å². The zero-order valence-electron chi connectivity index (χ0n) is 26.9. The lowest BCUT2D eigenvalue weighted by atomic mass is 9.85. The third-order valence-corrected chi connectivity index (χ3v) is 10.0. The second-order valence-corrected chi connectivity index (χ2v) is 13.1. The second-order valence-electron chi connectivity index (χ2n) is 13.1. The van der Waals surface area contributed by atoms with Crippen LogP contribution in [0.1, 0.15) is 60.0 Å². The standard InChI is InChI=1S/C37H37F2N5O4/c1-48-30-13-11-25-22-44(35(46)33(25)34(30)39)23-37(21-32(45)41-36(37)47)15-14-24-10-12-27(28(38)20-24)29-8-5-9-31(40-29)43-18-16-42(17-19-43)26-6-3-2-4-7-26/h5,8-13,20,26H,2-4,6-7,16-19,21-23H2,1H3,(H,41,45,47)/t37-/m1/s1. The van der Waals surface area contributed by atoms with E-state index >= 15 is 4.39 Å². The number of carbonyl (C=O) groups excluding carboxylic acids is 3. The molecular formula is C37H37F2N5O4. The van der Waals surface area contributed by atoms with E-state index in [9.17, 15) is 18.8 Å². The summed E-state index contributed by atoms with van der Waals surface area (Å²) in [4.78, 5) is 49.6. The average Bonchev–Trinajstić information content (AvgIpc) is 3.57. The van der Waals surface area contributed by atoms with Crippen molar-refractivity contribution in [3.63, 3.8) is 0 Å². The van der Waals surface area contributed by atoms with Gasteiger partial charge in [0.25, 0.3) is 5.91 Å². The number of fused-ring (bicyclic) bond motifs is 1. The molecule has 2 saturated heterocycles. The van der Waals surface area contributed by atoms with E-state index in [-0.39, 0.29) is 30.8 Å². The molecule has 0 spiro atoms. The number of pyridine rings is 1. The van der Waals surface area contributed by atoms with Crippen LogP contribution in [0.3, 0.4) is 0 Å². The molecular weight excluding hydrogens is 616 g/mol. The van der Waals surface area contributed by atoms with Crippen LogP contribution in [0.25, 0.3) is 11.3 Å². The average molecular weight is 654 g/mol. The van der Waals surface area contributed by atoms with Crippen molar-refractivity contribution in [1.29, 1.82) is 0 Å². The zero-order chi connectivity index (χ0) is 33.4. The molecule has 2 aromatic carbocycles. The minimum absolute atomic E-state index is 0.0472. The number of aromatic nitrogens is 1. The van der Waals surface area contributed by atoms with Crippen molar-refractivity contribution in [1.82, 2.24) is 20.1 Å². The number of piperazine rings is 1. The van der Waals surface area contributed by atoms with Crippen molar-refractivity contribution >= 4 is 23.5 Å². The first kappa shape index (κ1) is 31.8. The summed E-state index contributed by atoms with van der Waals surface area (Å²) < 4.78 is 35.5. The van der Waals surface area contributed by atoms with Crippen LogP contribution in [-0.2, 0) is 16.1 Å². The fourth-order valence-corrected chi connectivity index (χ4v) is 7.42. The number of hydrogen-bond acceptors (Lipinski definition) is 7. The van der Waals surface area contributed by atoms with Crippen molar-refractivity contribution in [2.24, 2.45) is 5.41 Å². The zero-order valence-corrected chi connectivity index (χ0v) is 26.9. The Kier molecular flexibility index (Phi) is 8.60. The highest BCUT2D eigenvalue weighted by Crippen LogP contribution is 2.36. The van der Waals surface area contributed by atoms with Gasteiger partial charge in [0, 0.05) is 56.4 Å². The van der Waals surface area contributed by atoms with E-state index in [1.807, 2.05) is 12.1 Å². The fraction of sp³-hybridized carbons (Fsp3) is 0.405. The Hall–Kier alpha value is -4.82. The summed E-state index contributed by atoms with van der Waals surface area (Å²) >= 11 is 0. The van der Waals surface area contributed by atoms with Crippen LogP contribution in [0.15, 0.2) is 48.5 Å². The molecule has 11 heteroatoms.